The summed E-state index contributed by atoms with van der Waals surface area (Å²) in [6.45, 7) is 2.20. The first-order valence-corrected chi connectivity index (χ1v) is 10.8. The number of rotatable bonds is 6. The van der Waals surface area contributed by atoms with Crippen LogP contribution in [0.15, 0.2) is 42.7 Å². The summed E-state index contributed by atoms with van der Waals surface area (Å²) in [7, 11) is 0. The molecule has 0 fully saturated rings. The van der Waals surface area contributed by atoms with Crippen LogP contribution in [0.25, 0.3) is 5.69 Å². The SMILES string of the molecule is CCOC(=O)c1ncn2c1CN(C(=O)CC(N)Cc1cc(F)c(F)cc1F)Cc1ccccc1-2. The second-order valence-corrected chi connectivity index (χ2v) is 8.03. The van der Waals surface area contributed by atoms with Crippen LogP contribution in [-0.4, -0.2) is 39.0 Å². The monoisotopic (exact) mass is 472 g/mol. The second-order valence-electron chi connectivity index (χ2n) is 8.03. The topological polar surface area (TPSA) is 90.5 Å². The number of imidazole rings is 1. The lowest BCUT2D eigenvalue weighted by molar-refractivity contribution is -0.132. The van der Waals surface area contributed by atoms with Gasteiger partial charge in [-0.2, -0.15) is 0 Å². The number of aromatic nitrogens is 2. The third-order valence-electron chi connectivity index (χ3n) is 5.65. The molecule has 0 saturated carbocycles. The van der Waals surface area contributed by atoms with Crippen molar-refractivity contribution in [2.45, 2.75) is 38.9 Å². The normalized spacial score (nSPS) is 13.6. The van der Waals surface area contributed by atoms with Crippen LogP contribution in [-0.2, 0) is 29.0 Å². The molecule has 1 aromatic heterocycles. The summed E-state index contributed by atoms with van der Waals surface area (Å²) in [6, 6.07) is 7.79. The van der Waals surface area contributed by atoms with Gasteiger partial charge in [-0.25, -0.2) is 22.9 Å². The Hall–Kier alpha value is -3.66. The van der Waals surface area contributed by atoms with E-state index in [2.05, 4.69) is 4.98 Å². The summed E-state index contributed by atoms with van der Waals surface area (Å²) in [5.41, 5.74) is 8.20. The number of halogens is 3. The maximum Gasteiger partial charge on any atom is 0.358 e. The summed E-state index contributed by atoms with van der Waals surface area (Å²) in [5, 5.41) is 0. The van der Waals surface area contributed by atoms with Crippen LogP contribution in [0.2, 0.25) is 0 Å². The first-order valence-electron chi connectivity index (χ1n) is 10.8. The number of ether oxygens (including phenoxy) is 1. The second kappa shape index (κ2) is 9.68. The molecule has 2 heterocycles. The quantitative estimate of drug-likeness (QED) is 0.439. The molecule has 4 rings (SSSR count). The van der Waals surface area contributed by atoms with Crippen molar-refractivity contribution in [3.05, 3.63) is 82.7 Å². The summed E-state index contributed by atoms with van der Waals surface area (Å²) in [4.78, 5) is 31.3. The van der Waals surface area contributed by atoms with Gasteiger partial charge in [0.25, 0.3) is 0 Å². The third kappa shape index (κ3) is 4.67. The number of benzene rings is 2. The molecule has 3 aromatic rings. The van der Waals surface area contributed by atoms with E-state index in [0.717, 1.165) is 17.3 Å². The van der Waals surface area contributed by atoms with Crippen molar-refractivity contribution in [1.82, 2.24) is 14.5 Å². The van der Waals surface area contributed by atoms with Gasteiger partial charge in [0.1, 0.15) is 12.1 Å². The van der Waals surface area contributed by atoms with Crippen molar-refractivity contribution in [2.75, 3.05) is 6.61 Å². The molecule has 0 aliphatic carbocycles. The average Bonchev–Trinajstić information content (AvgIpc) is 3.13. The van der Waals surface area contributed by atoms with E-state index >= 15 is 0 Å². The Bertz CT molecular complexity index is 1240. The van der Waals surface area contributed by atoms with E-state index in [4.69, 9.17) is 10.5 Å². The van der Waals surface area contributed by atoms with E-state index in [1.807, 2.05) is 24.3 Å². The van der Waals surface area contributed by atoms with Crippen LogP contribution in [0.4, 0.5) is 13.2 Å². The van der Waals surface area contributed by atoms with Gasteiger partial charge in [-0.3, -0.25) is 4.79 Å². The van der Waals surface area contributed by atoms with Crippen molar-refractivity contribution >= 4 is 11.9 Å². The maximum atomic E-state index is 14.0. The number of nitrogens with two attached hydrogens (primary N) is 1. The van der Waals surface area contributed by atoms with Gasteiger partial charge in [0.2, 0.25) is 5.91 Å². The molecule has 10 heteroatoms. The molecule has 0 spiro atoms. The molecule has 1 atom stereocenters. The summed E-state index contributed by atoms with van der Waals surface area (Å²) in [6.07, 6.45) is 1.21. The zero-order valence-electron chi connectivity index (χ0n) is 18.4. The zero-order chi connectivity index (χ0) is 24.4. The lowest BCUT2D eigenvalue weighted by Crippen LogP contribution is -2.36. The van der Waals surface area contributed by atoms with E-state index in [0.29, 0.717) is 11.8 Å². The molecule has 7 nitrogen and oxygen atoms in total. The number of para-hydroxylation sites is 1. The maximum absolute atomic E-state index is 14.0. The molecular formula is C24H23F3N4O3. The molecule has 0 saturated heterocycles. The van der Waals surface area contributed by atoms with E-state index in [-0.39, 0.29) is 49.7 Å². The van der Waals surface area contributed by atoms with Gasteiger partial charge in [0.15, 0.2) is 17.3 Å². The summed E-state index contributed by atoms with van der Waals surface area (Å²) >= 11 is 0. The average molecular weight is 472 g/mol. The van der Waals surface area contributed by atoms with Gasteiger partial charge in [-0.05, 0) is 36.6 Å². The van der Waals surface area contributed by atoms with E-state index < -0.39 is 29.5 Å². The number of hydrogen-bond acceptors (Lipinski definition) is 5. The summed E-state index contributed by atoms with van der Waals surface area (Å²) in [5.74, 6) is -4.32. The van der Waals surface area contributed by atoms with Gasteiger partial charge < -0.3 is 19.9 Å². The minimum absolute atomic E-state index is 0.0773. The number of hydrogen-bond donors (Lipinski definition) is 1. The van der Waals surface area contributed by atoms with Crippen molar-refractivity contribution in [1.29, 1.82) is 0 Å². The number of carbonyl (C=O) groups is 2. The van der Waals surface area contributed by atoms with Crippen LogP contribution in [0.1, 0.15) is 40.7 Å². The Morgan fingerprint density at radius 2 is 1.85 bits per heavy atom. The molecule has 2 aromatic carbocycles. The highest BCUT2D eigenvalue weighted by molar-refractivity contribution is 5.89. The number of fused-ring (bicyclic) bond motifs is 3. The van der Waals surface area contributed by atoms with Crippen LogP contribution < -0.4 is 5.73 Å². The highest BCUT2D eigenvalue weighted by Crippen LogP contribution is 2.27. The third-order valence-corrected chi connectivity index (χ3v) is 5.65. The molecule has 1 aliphatic heterocycles. The molecule has 1 aliphatic rings. The fourth-order valence-electron chi connectivity index (χ4n) is 4.03. The predicted octanol–water partition coefficient (Wildman–Crippen LogP) is 3.27. The van der Waals surface area contributed by atoms with Crippen LogP contribution in [0.5, 0.6) is 0 Å². The van der Waals surface area contributed by atoms with Gasteiger partial charge in [-0.15, -0.1) is 0 Å². The Labute approximate surface area is 193 Å². The fourth-order valence-corrected chi connectivity index (χ4v) is 4.03. The summed E-state index contributed by atoms with van der Waals surface area (Å²) < 4.78 is 47.6. The van der Waals surface area contributed by atoms with Crippen LogP contribution in [0, 0.1) is 17.5 Å². The highest BCUT2D eigenvalue weighted by atomic mass is 19.2. The lowest BCUT2D eigenvalue weighted by atomic mass is 10.0. The number of carbonyl (C=O) groups excluding carboxylic acids is 2. The largest absolute Gasteiger partial charge is 0.461 e. The van der Waals surface area contributed by atoms with E-state index in [1.165, 1.54) is 11.2 Å². The van der Waals surface area contributed by atoms with Crippen LogP contribution >= 0.6 is 0 Å². The minimum atomic E-state index is -1.29. The number of esters is 1. The first kappa shape index (κ1) is 23.5. The highest BCUT2D eigenvalue weighted by Gasteiger charge is 2.29. The van der Waals surface area contributed by atoms with Crippen molar-refractivity contribution in [3.63, 3.8) is 0 Å². The van der Waals surface area contributed by atoms with Crippen molar-refractivity contribution in [3.8, 4) is 5.69 Å². The molecule has 178 valence electrons. The predicted molar refractivity (Wildman–Crippen MR) is 116 cm³/mol. The molecule has 0 bridgehead atoms. The Morgan fingerprint density at radius 3 is 2.62 bits per heavy atom. The number of nitrogens with zero attached hydrogens (tertiary/aromatic N) is 3. The van der Waals surface area contributed by atoms with Gasteiger partial charge in [0, 0.05) is 25.1 Å². The van der Waals surface area contributed by atoms with Gasteiger partial charge in [0.05, 0.1) is 24.5 Å². The molecule has 1 unspecified atom stereocenters. The molecule has 34 heavy (non-hydrogen) atoms. The minimum Gasteiger partial charge on any atom is -0.461 e. The smallest absolute Gasteiger partial charge is 0.358 e. The Balaban J connectivity index is 1.58. The first-order chi connectivity index (χ1) is 16.3. The molecule has 1 amide bonds. The molecular weight excluding hydrogens is 449 g/mol. The Morgan fingerprint density at radius 1 is 1.12 bits per heavy atom. The van der Waals surface area contributed by atoms with Crippen molar-refractivity contribution in [2.24, 2.45) is 5.73 Å². The fraction of sp³-hybridized carbons (Fsp3) is 0.292. The van der Waals surface area contributed by atoms with E-state index in [9.17, 15) is 22.8 Å². The zero-order valence-corrected chi connectivity index (χ0v) is 18.4. The van der Waals surface area contributed by atoms with Crippen LogP contribution in [0.3, 0.4) is 0 Å². The van der Waals surface area contributed by atoms with Crippen molar-refractivity contribution < 1.29 is 27.5 Å². The Kier molecular flexibility index (Phi) is 6.69. The number of amides is 1. The van der Waals surface area contributed by atoms with E-state index in [1.54, 1.807) is 11.5 Å². The lowest BCUT2D eigenvalue weighted by Gasteiger charge is -2.23. The van der Waals surface area contributed by atoms with Gasteiger partial charge in [-0.1, -0.05) is 18.2 Å². The molecule has 0 radical (unpaired) electrons. The van der Waals surface area contributed by atoms with Gasteiger partial charge >= 0.3 is 5.97 Å². The molecule has 2 N–H and O–H groups in total. The standard InChI is InChI=1S/C24H23F3N4O3/c1-2-34-24(33)23-21-12-30(11-14-5-3-4-6-20(14)31(21)13-29-23)22(32)9-16(28)7-15-8-18(26)19(27)10-17(15)25/h3-6,8,10,13,16H,2,7,9,11-12,28H2,1H3.